The number of Topliss-reactive ketones (excluding diaryl/α,β-unsaturated/α-hetero) is 2. The van der Waals surface area contributed by atoms with Gasteiger partial charge in [-0.1, -0.05) is 18.2 Å². The van der Waals surface area contributed by atoms with Crippen molar-refractivity contribution in [2.75, 3.05) is 27.8 Å². The maximum atomic E-state index is 11.6. The van der Waals surface area contributed by atoms with E-state index >= 15 is 0 Å². The summed E-state index contributed by atoms with van der Waals surface area (Å²) in [5.41, 5.74) is 0.432. The lowest BCUT2D eigenvalue weighted by molar-refractivity contribution is -0.121. The normalized spacial score (nSPS) is 22.8. The van der Waals surface area contributed by atoms with Gasteiger partial charge < -0.3 is 14.4 Å². The molecule has 0 N–H and O–H groups in total. The van der Waals surface area contributed by atoms with Crippen molar-refractivity contribution < 1.29 is 19.1 Å². The van der Waals surface area contributed by atoms with E-state index in [1.54, 1.807) is 14.2 Å². The van der Waals surface area contributed by atoms with E-state index in [4.69, 9.17) is 9.47 Å². The van der Waals surface area contributed by atoms with E-state index in [2.05, 4.69) is 4.90 Å². The van der Waals surface area contributed by atoms with Gasteiger partial charge in [-0.3, -0.25) is 9.59 Å². The van der Waals surface area contributed by atoms with E-state index in [0.29, 0.717) is 24.0 Å². The lowest BCUT2D eigenvalue weighted by Crippen LogP contribution is -2.35. The minimum absolute atomic E-state index is 0.0208. The van der Waals surface area contributed by atoms with Crippen LogP contribution < -0.4 is 9.47 Å². The topological polar surface area (TPSA) is 55.8 Å². The Bertz CT molecular complexity index is 615. The van der Waals surface area contributed by atoms with E-state index in [1.807, 2.05) is 37.4 Å². The second-order valence-electron chi connectivity index (χ2n) is 6.12. The second kappa shape index (κ2) is 8.11. The number of benzene rings is 1. The van der Waals surface area contributed by atoms with Gasteiger partial charge in [0.2, 0.25) is 0 Å². The number of carbonyl (C=O) groups excluding carboxylic acids is 2. The van der Waals surface area contributed by atoms with Gasteiger partial charge in [-0.05, 0) is 45.0 Å². The Balaban J connectivity index is 0.000000185. The molecular weight excluding hydrogens is 306 g/mol. The van der Waals surface area contributed by atoms with Crippen LogP contribution in [-0.4, -0.2) is 50.3 Å². The summed E-state index contributed by atoms with van der Waals surface area (Å²) in [4.78, 5) is 25.0. The zero-order chi connectivity index (χ0) is 17.7. The summed E-state index contributed by atoms with van der Waals surface area (Å²) in [6.45, 7) is 2.51. The number of carbonyl (C=O) groups is 2. The highest BCUT2D eigenvalue weighted by Gasteiger charge is 2.37. The molecule has 1 fully saturated rings. The summed E-state index contributed by atoms with van der Waals surface area (Å²) < 4.78 is 10.0. The number of fused-ring (bicyclic) bond motifs is 1. The Morgan fingerprint density at radius 2 is 1.75 bits per heavy atom. The van der Waals surface area contributed by atoms with Crippen molar-refractivity contribution in [1.82, 2.24) is 4.90 Å². The molecule has 0 saturated carbocycles. The molecule has 130 valence electrons. The van der Waals surface area contributed by atoms with Crippen molar-refractivity contribution in [3.63, 3.8) is 0 Å². The summed E-state index contributed by atoms with van der Waals surface area (Å²) in [6.07, 6.45) is 3.49. The highest BCUT2D eigenvalue weighted by molar-refractivity contribution is 6.20. The first-order valence-corrected chi connectivity index (χ1v) is 8.11. The van der Waals surface area contributed by atoms with Crippen molar-refractivity contribution in [2.45, 2.75) is 25.8 Å². The third-order valence-electron chi connectivity index (χ3n) is 4.62. The molecule has 1 aliphatic heterocycles. The molecule has 0 radical (unpaired) electrons. The maximum absolute atomic E-state index is 11.6. The van der Waals surface area contributed by atoms with Gasteiger partial charge in [0.25, 0.3) is 0 Å². The van der Waals surface area contributed by atoms with Gasteiger partial charge >= 0.3 is 0 Å². The molecule has 1 aromatic carbocycles. The second-order valence-corrected chi connectivity index (χ2v) is 6.12. The first kappa shape index (κ1) is 18.2. The number of para-hydroxylation sites is 2. The third-order valence-corrected chi connectivity index (χ3v) is 4.62. The molecule has 5 heteroatoms. The van der Waals surface area contributed by atoms with Gasteiger partial charge in [-0.2, -0.15) is 0 Å². The van der Waals surface area contributed by atoms with Crippen molar-refractivity contribution in [2.24, 2.45) is 5.92 Å². The van der Waals surface area contributed by atoms with Crippen LogP contribution in [0, 0.1) is 5.92 Å². The largest absolute Gasteiger partial charge is 0.493 e. The predicted molar refractivity (Wildman–Crippen MR) is 92.5 cm³/mol. The average molecular weight is 331 g/mol. The number of methoxy groups -OCH3 is 2. The summed E-state index contributed by atoms with van der Waals surface area (Å²) >= 11 is 0. The Labute approximate surface area is 143 Å². The molecule has 2 aliphatic rings. The molecule has 0 bridgehead atoms. The number of likely N-dealkylation sites (tertiary alicyclic amines) is 1. The highest BCUT2D eigenvalue weighted by Crippen LogP contribution is 2.32. The maximum Gasteiger partial charge on any atom is 0.167 e. The van der Waals surface area contributed by atoms with Gasteiger partial charge in [0.05, 0.1) is 19.8 Å². The zero-order valence-electron chi connectivity index (χ0n) is 14.7. The van der Waals surface area contributed by atoms with E-state index < -0.39 is 0 Å². The van der Waals surface area contributed by atoms with Crippen LogP contribution in [0.15, 0.2) is 35.9 Å². The van der Waals surface area contributed by atoms with Gasteiger partial charge in [-0.25, -0.2) is 0 Å². The van der Waals surface area contributed by atoms with Crippen molar-refractivity contribution in [3.8, 4) is 11.5 Å². The summed E-state index contributed by atoms with van der Waals surface area (Å²) in [5, 5.41) is 0. The average Bonchev–Trinajstić information content (AvgIpc) is 2.94. The number of rotatable bonds is 3. The van der Waals surface area contributed by atoms with Crippen LogP contribution in [0.4, 0.5) is 0 Å². The molecule has 2 atom stereocenters. The van der Waals surface area contributed by atoms with Crippen LogP contribution in [0.2, 0.25) is 0 Å². The zero-order valence-corrected chi connectivity index (χ0v) is 14.7. The lowest BCUT2D eigenvalue weighted by Gasteiger charge is -2.26. The highest BCUT2D eigenvalue weighted by atomic mass is 16.5. The van der Waals surface area contributed by atoms with E-state index in [0.717, 1.165) is 24.5 Å². The Morgan fingerprint density at radius 1 is 1.17 bits per heavy atom. The molecule has 0 aromatic heterocycles. The van der Waals surface area contributed by atoms with Gasteiger partial charge in [0.1, 0.15) is 0 Å². The summed E-state index contributed by atoms with van der Waals surface area (Å²) in [5.74, 6) is 1.89. The molecule has 0 spiro atoms. The SMILES string of the molecule is CC(=O)C1=CC2CCN(C)C2CC1=O.COc1ccccc1OC. The first-order valence-electron chi connectivity index (χ1n) is 8.11. The minimum Gasteiger partial charge on any atom is -0.493 e. The first-order chi connectivity index (χ1) is 11.5. The monoisotopic (exact) mass is 331 g/mol. The molecule has 0 amide bonds. The minimum atomic E-state index is -0.0806. The molecule has 1 aromatic rings. The number of nitrogens with zero attached hydrogens (tertiary/aromatic N) is 1. The van der Waals surface area contributed by atoms with Crippen LogP contribution in [0.25, 0.3) is 0 Å². The Hall–Kier alpha value is -2.14. The quantitative estimate of drug-likeness (QED) is 0.797. The summed E-state index contributed by atoms with van der Waals surface area (Å²) in [7, 11) is 5.29. The van der Waals surface area contributed by atoms with Gasteiger partial charge in [0, 0.05) is 12.5 Å². The van der Waals surface area contributed by atoms with E-state index in [1.165, 1.54) is 6.92 Å². The predicted octanol–water partition coefficient (Wildman–Crippen LogP) is 2.50. The molecule has 1 saturated heterocycles. The van der Waals surface area contributed by atoms with E-state index in [-0.39, 0.29) is 11.6 Å². The van der Waals surface area contributed by atoms with Crippen LogP contribution in [0.1, 0.15) is 19.8 Å². The van der Waals surface area contributed by atoms with Crippen LogP contribution >= 0.6 is 0 Å². The third kappa shape index (κ3) is 4.03. The summed E-state index contributed by atoms with van der Waals surface area (Å²) in [6, 6.07) is 7.87. The molecule has 2 unspecified atom stereocenters. The van der Waals surface area contributed by atoms with Crippen LogP contribution in [0.3, 0.4) is 0 Å². The smallest absolute Gasteiger partial charge is 0.167 e. The number of hydrogen-bond donors (Lipinski definition) is 0. The van der Waals surface area contributed by atoms with Crippen molar-refractivity contribution in [1.29, 1.82) is 0 Å². The fourth-order valence-corrected chi connectivity index (χ4v) is 3.25. The number of allylic oxidation sites excluding steroid dienone is 1. The Kier molecular flexibility index (Phi) is 6.15. The van der Waals surface area contributed by atoms with Crippen LogP contribution in [-0.2, 0) is 9.59 Å². The fourth-order valence-electron chi connectivity index (χ4n) is 3.25. The fraction of sp³-hybridized carbons (Fsp3) is 0.474. The number of ketones is 2. The Morgan fingerprint density at radius 3 is 2.25 bits per heavy atom. The van der Waals surface area contributed by atoms with Gasteiger partial charge in [0.15, 0.2) is 23.1 Å². The van der Waals surface area contributed by atoms with E-state index in [9.17, 15) is 9.59 Å². The number of ether oxygens (including phenoxy) is 2. The van der Waals surface area contributed by atoms with Gasteiger partial charge in [-0.15, -0.1) is 0 Å². The molecule has 5 nitrogen and oxygen atoms in total. The molecule has 3 rings (SSSR count). The van der Waals surface area contributed by atoms with Crippen LogP contribution in [0.5, 0.6) is 11.5 Å². The number of hydrogen-bond acceptors (Lipinski definition) is 5. The van der Waals surface area contributed by atoms with Crippen molar-refractivity contribution in [3.05, 3.63) is 35.9 Å². The molecular formula is C19H25NO4. The molecule has 24 heavy (non-hydrogen) atoms. The molecule has 1 heterocycles. The van der Waals surface area contributed by atoms with Crippen molar-refractivity contribution >= 4 is 11.6 Å². The molecule has 1 aliphatic carbocycles. The lowest BCUT2D eigenvalue weighted by atomic mass is 9.84. The standard InChI is InChI=1S/C11H15NO2.C8H10O2/c1-7(13)9-5-8-3-4-12(2)10(8)6-11(9)14;1-9-7-5-3-4-6-8(7)10-2/h5,8,10H,3-4,6H2,1-2H3;3-6H,1-2H3.